The summed E-state index contributed by atoms with van der Waals surface area (Å²) in [4.78, 5) is 34.5. The predicted octanol–water partition coefficient (Wildman–Crippen LogP) is 1.88. The fourth-order valence-electron chi connectivity index (χ4n) is 1.67. The van der Waals surface area contributed by atoms with Crippen LogP contribution in [0.4, 0.5) is 4.79 Å². The predicted molar refractivity (Wildman–Crippen MR) is 89.4 cm³/mol. The molecule has 0 radical (unpaired) electrons. The van der Waals surface area contributed by atoms with Gasteiger partial charge in [-0.05, 0) is 25.5 Å². The molecule has 0 fully saturated rings. The van der Waals surface area contributed by atoms with Crippen molar-refractivity contribution >= 4 is 24.0 Å². The molecule has 130 valence electrons. The average Bonchev–Trinajstić information content (AvgIpc) is 2.57. The fraction of sp³-hybridized carbons (Fsp3) is 0.353. The van der Waals surface area contributed by atoms with E-state index in [9.17, 15) is 14.4 Å². The first kappa shape index (κ1) is 19.2. The summed E-state index contributed by atoms with van der Waals surface area (Å²) in [6, 6.07) is 6.47. The molecule has 3 amide bonds. The Kier molecular flexibility index (Phi) is 8.04. The normalized spacial score (nSPS) is 11.6. The highest BCUT2D eigenvalue weighted by atomic mass is 16.5. The third kappa shape index (κ3) is 6.95. The second-order valence-electron chi connectivity index (χ2n) is 5.01. The van der Waals surface area contributed by atoms with Gasteiger partial charge in [-0.2, -0.15) is 0 Å². The lowest BCUT2D eigenvalue weighted by atomic mass is 10.2. The second-order valence-corrected chi connectivity index (χ2v) is 5.01. The van der Waals surface area contributed by atoms with E-state index in [-0.39, 0.29) is 6.04 Å². The maximum atomic E-state index is 11.6. The number of carbonyl (C=O) groups is 3. The highest BCUT2D eigenvalue weighted by molar-refractivity contribution is 5.96. The lowest BCUT2D eigenvalue weighted by molar-refractivity contribution is -0.143. The maximum Gasteiger partial charge on any atom is 0.331 e. The van der Waals surface area contributed by atoms with E-state index in [0.29, 0.717) is 11.3 Å². The average molecular weight is 334 g/mol. The Morgan fingerprint density at radius 2 is 1.96 bits per heavy atom. The smallest absolute Gasteiger partial charge is 0.331 e. The van der Waals surface area contributed by atoms with E-state index < -0.39 is 24.5 Å². The van der Waals surface area contributed by atoms with Gasteiger partial charge >= 0.3 is 12.0 Å². The van der Waals surface area contributed by atoms with Crippen LogP contribution >= 0.6 is 0 Å². The number of benzene rings is 1. The second kappa shape index (κ2) is 10.0. The number of amides is 3. The number of hydrogen-bond donors (Lipinski definition) is 2. The van der Waals surface area contributed by atoms with Gasteiger partial charge in [0.05, 0.1) is 7.11 Å². The fourth-order valence-corrected chi connectivity index (χ4v) is 1.67. The van der Waals surface area contributed by atoms with Crippen molar-refractivity contribution in [1.29, 1.82) is 0 Å². The monoisotopic (exact) mass is 334 g/mol. The third-order valence-electron chi connectivity index (χ3n) is 3.13. The highest BCUT2D eigenvalue weighted by Crippen LogP contribution is 2.18. The van der Waals surface area contributed by atoms with E-state index in [0.717, 1.165) is 6.42 Å². The Bertz CT molecular complexity index is 613. The number of para-hydroxylation sites is 1. The van der Waals surface area contributed by atoms with Gasteiger partial charge in [-0.1, -0.05) is 25.1 Å². The summed E-state index contributed by atoms with van der Waals surface area (Å²) >= 11 is 0. The lowest BCUT2D eigenvalue weighted by Gasteiger charge is -2.11. The molecule has 0 bridgehead atoms. The van der Waals surface area contributed by atoms with Crippen LogP contribution in [-0.4, -0.2) is 37.7 Å². The molecular formula is C17H22N2O5. The van der Waals surface area contributed by atoms with Crippen molar-refractivity contribution in [3.63, 3.8) is 0 Å². The minimum atomic E-state index is -0.699. The maximum absolute atomic E-state index is 11.6. The molecule has 0 saturated heterocycles. The molecule has 1 aromatic carbocycles. The summed E-state index contributed by atoms with van der Waals surface area (Å²) in [5.41, 5.74) is 0.703. The van der Waals surface area contributed by atoms with Crippen molar-refractivity contribution in [2.45, 2.75) is 26.3 Å². The summed E-state index contributed by atoms with van der Waals surface area (Å²) in [6.45, 7) is 3.18. The summed E-state index contributed by atoms with van der Waals surface area (Å²) in [5.74, 6) is -0.783. The molecule has 1 aromatic rings. The van der Waals surface area contributed by atoms with E-state index in [1.165, 1.54) is 19.3 Å². The van der Waals surface area contributed by atoms with Gasteiger partial charge in [-0.25, -0.2) is 9.59 Å². The van der Waals surface area contributed by atoms with Gasteiger partial charge in [-0.3, -0.25) is 10.1 Å². The SMILES string of the molecule is CC[C@H](C)NC(=O)NC(=O)COC(=O)/C=C/c1ccccc1OC. The Balaban J connectivity index is 2.41. The van der Waals surface area contributed by atoms with Crippen molar-refractivity contribution in [3.05, 3.63) is 35.9 Å². The minimum Gasteiger partial charge on any atom is -0.496 e. The summed E-state index contributed by atoms with van der Waals surface area (Å²) < 4.78 is 9.92. The largest absolute Gasteiger partial charge is 0.496 e. The Morgan fingerprint density at radius 3 is 2.62 bits per heavy atom. The number of esters is 1. The van der Waals surface area contributed by atoms with Gasteiger partial charge < -0.3 is 14.8 Å². The number of ether oxygens (including phenoxy) is 2. The molecule has 2 N–H and O–H groups in total. The third-order valence-corrected chi connectivity index (χ3v) is 3.13. The van der Waals surface area contributed by atoms with Crippen molar-refractivity contribution in [2.75, 3.05) is 13.7 Å². The Labute approximate surface area is 141 Å². The topological polar surface area (TPSA) is 93.7 Å². The Hall–Kier alpha value is -2.83. The molecule has 7 heteroatoms. The lowest BCUT2D eigenvalue weighted by Crippen LogP contribution is -2.44. The molecule has 0 unspecified atom stereocenters. The molecule has 0 heterocycles. The zero-order valence-corrected chi connectivity index (χ0v) is 14.0. The minimum absolute atomic E-state index is 0.0517. The summed E-state index contributed by atoms with van der Waals surface area (Å²) in [6.07, 6.45) is 3.45. The first-order chi connectivity index (χ1) is 11.5. The number of urea groups is 1. The van der Waals surface area contributed by atoms with Crippen LogP contribution in [0, 0.1) is 0 Å². The molecule has 1 rings (SSSR count). The molecule has 1 atom stereocenters. The molecular weight excluding hydrogens is 312 g/mol. The van der Waals surface area contributed by atoms with E-state index >= 15 is 0 Å². The van der Waals surface area contributed by atoms with Gasteiger partial charge in [0.2, 0.25) is 0 Å². The zero-order valence-electron chi connectivity index (χ0n) is 14.0. The standard InChI is InChI=1S/C17H22N2O5/c1-4-12(2)18-17(22)19-15(20)11-24-16(21)10-9-13-7-5-6-8-14(13)23-3/h5-10,12H,4,11H2,1-3H3,(H2,18,19,20,22)/b10-9+/t12-/m0/s1. The number of rotatable bonds is 7. The van der Waals surface area contributed by atoms with Crippen molar-refractivity contribution in [2.24, 2.45) is 0 Å². The number of imide groups is 1. The number of methoxy groups -OCH3 is 1. The van der Waals surface area contributed by atoms with Crippen LogP contribution in [-0.2, 0) is 14.3 Å². The van der Waals surface area contributed by atoms with Gasteiger partial charge in [0.1, 0.15) is 5.75 Å². The van der Waals surface area contributed by atoms with Crippen LogP contribution < -0.4 is 15.4 Å². The number of hydrogen-bond acceptors (Lipinski definition) is 5. The molecule has 0 aromatic heterocycles. The van der Waals surface area contributed by atoms with E-state index in [2.05, 4.69) is 10.6 Å². The van der Waals surface area contributed by atoms with Crippen LogP contribution in [0.15, 0.2) is 30.3 Å². The van der Waals surface area contributed by atoms with Crippen LogP contribution in [0.1, 0.15) is 25.8 Å². The number of carbonyl (C=O) groups excluding carboxylic acids is 3. The van der Waals surface area contributed by atoms with Crippen molar-refractivity contribution in [3.8, 4) is 5.75 Å². The van der Waals surface area contributed by atoms with Crippen molar-refractivity contribution < 1.29 is 23.9 Å². The van der Waals surface area contributed by atoms with Crippen LogP contribution in [0.25, 0.3) is 6.08 Å². The van der Waals surface area contributed by atoms with Gasteiger partial charge in [0, 0.05) is 17.7 Å². The molecule has 0 aliphatic heterocycles. The van der Waals surface area contributed by atoms with Gasteiger partial charge in [0.15, 0.2) is 6.61 Å². The van der Waals surface area contributed by atoms with Gasteiger partial charge in [-0.15, -0.1) is 0 Å². The van der Waals surface area contributed by atoms with Crippen LogP contribution in [0.5, 0.6) is 5.75 Å². The van der Waals surface area contributed by atoms with E-state index in [1.807, 2.05) is 19.9 Å². The highest BCUT2D eigenvalue weighted by Gasteiger charge is 2.11. The zero-order chi connectivity index (χ0) is 17.9. The Morgan fingerprint density at radius 1 is 1.25 bits per heavy atom. The number of nitrogens with one attached hydrogen (secondary N) is 2. The first-order valence-corrected chi connectivity index (χ1v) is 7.54. The molecule has 0 saturated carbocycles. The quantitative estimate of drug-likeness (QED) is 0.586. The molecule has 0 spiro atoms. The molecule has 0 aliphatic rings. The molecule has 7 nitrogen and oxygen atoms in total. The molecule has 0 aliphatic carbocycles. The van der Waals surface area contributed by atoms with E-state index in [1.54, 1.807) is 18.2 Å². The van der Waals surface area contributed by atoms with E-state index in [4.69, 9.17) is 9.47 Å². The van der Waals surface area contributed by atoms with Crippen LogP contribution in [0.3, 0.4) is 0 Å². The van der Waals surface area contributed by atoms with Crippen molar-refractivity contribution in [1.82, 2.24) is 10.6 Å². The van der Waals surface area contributed by atoms with Gasteiger partial charge in [0.25, 0.3) is 5.91 Å². The first-order valence-electron chi connectivity index (χ1n) is 7.54. The van der Waals surface area contributed by atoms with Crippen LogP contribution in [0.2, 0.25) is 0 Å². The molecule has 24 heavy (non-hydrogen) atoms. The summed E-state index contributed by atoms with van der Waals surface area (Å²) in [7, 11) is 1.53. The summed E-state index contributed by atoms with van der Waals surface area (Å²) in [5, 5.41) is 4.65.